The summed E-state index contributed by atoms with van der Waals surface area (Å²) in [6.07, 6.45) is 5.35. The largest absolute Gasteiger partial charge is 0.491 e. The number of nitrogens with zero attached hydrogens (tertiary/aromatic N) is 4. The average Bonchev–Trinajstić information content (AvgIpc) is 3.23. The van der Waals surface area contributed by atoms with Crippen LogP contribution in [0, 0.1) is 5.82 Å². The first-order chi connectivity index (χ1) is 15.4. The second kappa shape index (κ2) is 9.16. The molecule has 1 N–H and O–H groups in total. The second-order valence-corrected chi connectivity index (χ2v) is 8.04. The number of pyridine rings is 1. The fourth-order valence-corrected chi connectivity index (χ4v) is 4.37. The molecule has 1 atom stereocenters. The number of anilines is 1. The summed E-state index contributed by atoms with van der Waals surface area (Å²) in [5.41, 5.74) is 2.92. The number of halogens is 2. The minimum atomic E-state index is -0.519. The topological polar surface area (TPSA) is 72.3 Å². The van der Waals surface area contributed by atoms with Gasteiger partial charge in [0.25, 0.3) is 5.91 Å². The molecule has 32 heavy (non-hydrogen) atoms. The van der Waals surface area contributed by atoms with Gasteiger partial charge in [-0.05, 0) is 43.5 Å². The molecule has 1 amide bonds. The molecule has 3 aromatic rings. The molecule has 0 saturated heterocycles. The van der Waals surface area contributed by atoms with Crippen molar-refractivity contribution in [3.63, 3.8) is 0 Å². The van der Waals surface area contributed by atoms with Crippen LogP contribution in [0.2, 0.25) is 5.02 Å². The zero-order valence-electron chi connectivity index (χ0n) is 18.2. The maximum absolute atomic E-state index is 13.9. The van der Waals surface area contributed by atoms with Crippen LogP contribution in [-0.2, 0) is 13.0 Å². The maximum Gasteiger partial charge on any atom is 0.254 e. The van der Waals surface area contributed by atoms with Gasteiger partial charge in [0.2, 0.25) is 5.95 Å². The van der Waals surface area contributed by atoms with Crippen LogP contribution < -0.4 is 10.1 Å². The number of hydrogen-bond acceptors (Lipinski definition) is 5. The van der Waals surface area contributed by atoms with Gasteiger partial charge in [-0.1, -0.05) is 11.6 Å². The Morgan fingerprint density at radius 3 is 2.88 bits per heavy atom. The Balaban J connectivity index is 1.62. The highest BCUT2D eigenvalue weighted by atomic mass is 35.5. The summed E-state index contributed by atoms with van der Waals surface area (Å²) < 4.78 is 21.2. The van der Waals surface area contributed by atoms with E-state index in [1.54, 1.807) is 24.1 Å². The van der Waals surface area contributed by atoms with Gasteiger partial charge in [-0.25, -0.2) is 9.37 Å². The molecular formula is C23H25ClFN5O2. The van der Waals surface area contributed by atoms with Gasteiger partial charge in [0.05, 0.1) is 31.1 Å². The van der Waals surface area contributed by atoms with Crippen LogP contribution in [0.5, 0.6) is 5.75 Å². The average molecular weight is 458 g/mol. The first-order valence-corrected chi connectivity index (χ1v) is 10.9. The summed E-state index contributed by atoms with van der Waals surface area (Å²) in [6.45, 7) is 5.05. The molecule has 2 aromatic heterocycles. The molecule has 0 saturated carbocycles. The number of ether oxygens (including phenoxy) is 1. The molecule has 4 rings (SSSR count). The zero-order chi connectivity index (χ0) is 22.8. The number of carbonyl (C=O) groups is 1. The number of nitrogens with one attached hydrogen (secondary N) is 1. The molecule has 9 heteroatoms. The number of benzene rings is 1. The van der Waals surface area contributed by atoms with E-state index in [1.165, 1.54) is 0 Å². The van der Waals surface area contributed by atoms with Gasteiger partial charge in [0.1, 0.15) is 0 Å². The fourth-order valence-electron chi connectivity index (χ4n) is 4.04. The van der Waals surface area contributed by atoms with E-state index in [0.29, 0.717) is 42.4 Å². The van der Waals surface area contributed by atoms with Crippen molar-refractivity contribution in [3.8, 4) is 5.75 Å². The van der Waals surface area contributed by atoms with Crippen LogP contribution in [-0.4, -0.2) is 45.5 Å². The van der Waals surface area contributed by atoms with E-state index < -0.39 is 5.82 Å². The lowest BCUT2D eigenvalue weighted by Crippen LogP contribution is -2.40. The van der Waals surface area contributed by atoms with E-state index in [9.17, 15) is 9.18 Å². The molecule has 1 aliphatic heterocycles. The Kier molecular flexibility index (Phi) is 6.32. The van der Waals surface area contributed by atoms with Gasteiger partial charge in [-0.2, -0.15) is 0 Å². The van der Waals surface area contributed by atoms with Crippen molar-refractivity contribution in [1.82, 2.24) is 19.4 Å². The van der Waals surface area contributed by atoms with Crippen molar-refractivity contribution in [1.29, 1.82) is 0 Å². The molecule has 0 bridgehead atoms. The highest BCUT2D eigenvalue weighted by molar-refractivity contribution is 6.32. The number of fused-ring (bicyclic) bond motifs is 1. The Labute approximate surface area is 191 Å². The van der Waals surface area contributed by atoms with Gasteiger partial charge >= 0.3 is 0 Å². The fraction of sp³-hybridized carbons (Fsp3) is 0.348. The van der Waals surface area contributed by atoms with E-state index in [-0.39, 0.29) is 17.7 Å². The summed E-state index contributed by atoms with van der Waals surface area (Å²) in [5, 5.41) is 3.62. The van der Waals surface area contributed by atoms with E-state index in [0.717, 1.165) is 23.3 Å². The van der Waals surface area contributed by atoms with Crippen molar-refractivity contribution in [3.05, 3.63) is 70.0 Å². The monoisotopic (exact) mass is 457 g/mol. The molecule has 1 aliphatic rings. The summed E-state index contributed by atoms with van der Waals surface area (Å²) >= 11 is 6.56. The highest BCUT2D eigenvalue weighted by Crippen LogP contribution is 2.33. The summed E-state index contributed by atoms with van der Waals surface area (Å²) in [6, 6.07) is 5.02. The molecule has 0 fully saturated rings. The third-order valence-corrected chi connectivity index (χ3v) is 6.02. The third-order valence-electron chi connectivity index (χ3n) is 5.68. The Morgan fingerprint density at radius 2 is 2.12 bits per heavy atom. The maximum atomic E-state index is 13.9. The normalized spacial score (nSPS) is 14.3. The van der Waals surface area contributed by atoms with Crippen LogP contribution in [0.3, 0.4) is 0 Å². The number of amides is 1. The standard InChI is InChI=1S/C23H25ClFN5O2/c1-4-32-21-11-20(28-12-19(21)25)14(2)30-7-5-16-17(22(30)31)9-15(10-18(16)24)13-29-8-6-27-23(29)26-3/h6,8-12,14H,4-5,7,13H2,1-3H3,(H,26,27)/t14-/m0/s1. The number of imidazole rings is 1. The molecule has 0 unspecified atom stereocenters. The van der Waals surface area contributed by atoms with Gasteiger partial charge in [0, 0.05) is 42.6 Å². The summed E-state index contributed by atoms with van der Waals surface area (Å²) in [4.78, 5) is 23.6. The molecule has 0 spiro atoms. The van der Waals surface area contributed by atoms with Gasteiger partial charge in [-0.15, -0.1) is 0 Å². The van der Waals surface area contributed by atoms with Crippen LogP contribution in [0.15, 0.2) is 36.8 Å². The number of hydrogen-bond donors (Lipinski definition) is 1. The molecule has 1 aromatic carbocycles. The lowest BCUT2D eigenvalue weighted by molar-refractivity contribution is 0.0668. The van der Waals surface area contributed by atoms with Crippen molar-refractivity contribution in [2.24, 2.45) is 0 Å². The van der Waals surface area contributed by atoms with Crippen molar-refractivity contribution < 1.29 is 13.9 Å². The quantitative estimate of drug-likeness (QED) is 0.572. The Morgan fingerprint density at radius 1 is 1.31 bits per heavy atom. The lowest BCUT2D eigenvalue weighted by atomic mass is 9.95. The van der Waals surface area contributed by atoms with E-state index in [1.807, 2.05) is 36.9 Å². The minimum absolute atomic E-state index is 0.119. The smallest absolute Gasteiger partial charge is 0.254 e. The number of rotatable bonds is 7. The first-order valence-electron chi connectivity index (χ1n) is 10.5. The lowest BCUT2D eigenvalue weighted by Gasteiger charge is -2.34. The van der Waals surface area contributed by atoms with E-state index >= 15 is 0 Å². The molecule has 7 nitrogen and oxygen atoms in total. The van der Waals surface area contributed by atoms with Crippen molar-refractivity contribution >= 4 is 23.5 Å². The predicted molar refractivity (Wildman–Crippen MR) is 121 cm³/mol. The SMILES string of the molecule is CCOc1cc([C@H](C)N2CCc3c(Cl)cc(Cn4ccnc4NC)cc3C2=O)ncc1F. The van der Waals surface area contributed by atoms with Gasteiger partial charge in [0.15, 0.2) is 11.6 Å². The number of aromatic nitrogens is 3. The Hall–Kier alpha value is -3.13. The van der Waals surface area contributed by atoms with Gasteiger partial charge in [-0.3, -0.25) is 9.78 Å². The number of carbonyl (C=O) groups excluding carboxylic acids is 1. The Bertz CT molecular complexity index is 1150. The molecule has 168 valence electrons. The van der Waals surface area contributed by atoms with Crippen molar-refractivity contribution in [2.75, 3.05) is 25.5 Å². The summed E-state index contributed by atoms with van der Waals surface area (Å²) in [7, 11) is 1.81. The van der Waals surface area contributed by atoms with Crippen LogP contribution in [0.1, 0.15) is 47.1 Å². The van der Waals surface area contributed by atoms with Crippen molar-refractivity contribution in [2.45, 2.75) is 32.9 Å². The molecule has 0 radical (unpaired) electrons. The minimum Gasteiger partial charge on any atom is -0.491 e. The molecular weight excluding hydrogens is 433 g/mol. The first kappa shape index (κ1) is 22.1. The molecule has 0 aliphatic carbocycles. The molecule has 3 heterocycles. The highest BCUT2D eigenvalue weighted by Gasteiger charge is 2.31. The predicted octanol–water partition coefficient (Wildman–Crippen LogP) is 4.32. The van der Waals surface area contributed by atoms with E-state index in [4.69, 9.17) is 16.3 Å². The van der Waals surface area contributed by atoms with E-state index in [2.05, 4.69) is 15.3 Å². The zero-order valence-corrected chi connectivity index (χ0v) is 19.0. The third kappa shape index (κ3) is 4.14. The van der Waals surface area contributed by atoms with Crippen LogP contribution >= 0.6 is 11.6 Å². The van der Waals surface area contributed by atoms with Gasteiger partial charge < -0.3 is 19.5 Å². The van der Waals surface area contributed by atoms with Crippen LogP contribution in [0.25, 0.3) is 0 Å². The second-order valence-electron chi connectivity index (χ2n) is 7.63. The summed E-state index contributed by atoms with van der Waals surface area (Å²) in [5.74, 6) is 0.231. The van der Waals surface area contributed by atoms with Crippen LogP contribution in [0.4, 0.5) is 10.3 Å².